The van der Waals surface area contributed by atoms with Crippen molar-refractivity contribution in [2.45, 2.75) is 38.6 Å². The van der Waals surface area contributed by atoms with Gasteiger partial charge >= 0.3 is 0 Å². The second-order valence-electron chi connectivity index (χ2n) is 6.04. The van der Waals surface area contributed by atoms with E-state index in [1.165, 1.54) is 42.3 Å². The Bertz CT molecular complexity index is 396. The molecule has 1 aromatic carbocycles. The number of rotatable bonds is 5. The van der Waals surface area contributed by atoms with E-state index < -0.39 is 0 Å². The summed E-state index contributed by atoms with van der Waals surface area (Å²) in [6.07, 6.45) is 5.42. The first kappa shape index (κ1) is 11.7. The van der Waals surface area contributed by atoms with Gasteiger partial charge in [-0.25, -0.2) is 0 Å². The van der Waals surface area contributed by atoms with E-state index in [9.17, 15) is 0 Å². The average Bonchev–Trinajstić information content (AvgIpc) is 3.18. The molecule has 0 bridgehead atoms. The van der Waals surface area contributed by atoms with Crippen molar-refractivity contribution in [2.24, 2.45) is 11.3 Å². The van der Waals surface area contributed by atoms with Crippen molar-refractivity contribution in [1.29, 1.82) is 0 Å². The van der Waals surface area contributed by atoms with Crippen molar-refractivity contribution < 1.29 is 0 Å². The summed E-state index contributed by atoms with van der Waals surface area (Å²) in [5.41, 5.74) is 2.03. The third-order valence-electron chi connectivity index (χ3n) is 4.29. The summed E-state index contributed by atoms with van der Waals surface area (Å²) >= 11 is 3.49. The van der Waals surface area contributed by atoms with Crippen molar-refractivity contribution in [3.05, 3.63) is 34.3 Å². The van der Waals surface area contributed by atoms with Gasteiger partial charge in [0.1, 0.15) is 0 Å². The van der Waals surface area contributed by atoms with Gasteiger partial charge in [0.15, 0.2) is 0 Å². The number of nitrogens with one attached hydrogen (secondary N) is 1. The van der Waals surface area contributed by atoms with E-state index in [0.29, 0.717) is 5.41 Å². The van der Waals surface area contributed by atoms with Crippen LogP contribution in [-0.4, -0.2) is 12.6 Å². The Morgan fingerprint density at radius 1 is 1.29 bits per heavy atom. The lowest BCUT2D eigenvalue weighted by molar-refractivity contribution is 0.475. The van der Waals surface area contributed by atoms with E-state index in [4.69, 9.17) is 0 Å². The fourth-order valence-electron chi connectivity index (χ4n) is 2.70. The Kier molecular flexibility index (Phi) is 3.04. The molecule has 2 aliphatic carbocycles. The van der Waals surface area contributed by atoms with Crippen LogP contribution in [0.15, 0.2) is 28.7 Å². The summed E-state index contributed by atoms with van der Waals surface area (Å²) in [5, 5.41) is 3.66. The minimum Gasteiger partial charge on any atom is -0.314 e. The number of hydrogen-bond acceptors (Lipinski definition) is 1. The maximum atomic E-state index is 3.66. The molecule has 2 atom stereocenters. The summed E-state index contributed by atoms with van der Waals surface area (Å²) in [6, 6.07) is 9.65. The van der Waals surface area contributed by atoms with Crippen LogP contribution in [-0.2, 0) is 6.42 Å². The molecule has 2 saturated carbocycles. The largest absolute Gasteiger partial charge is 0.314 e. The molecule has 0 heterocycles. The second kappa shape index (κ2) is 4.40. The molecule has 2 heteroatoms. The van der Waals surface area contributed by atoms with Gasteiger partial charge in [-0.15, -0.1) is 0 Å². The minimum absolute atomic E-state index is 0.551. The van der Waals surface area contributed by atoms with Gasteiger partial charge in [0.05, 0.1) is 0 Å². The first-order valence-electron chi connectivity index (χ1n) is 6.63. The number of hydrogen-bond donors (Lipinski definition) is 1. The molecule has 0 amide bonds. The van der Waals surface area contributed by atoms with E-state index in [-0.39, 0.29) is 0 Å². The van der Waals surface area contributed by atoms with Crippen LogP contribution in [0.1, 0.15) is 31.7 Å². The number of benzene rings is 1. The second-order valence-corrected chi connectivity index (χ2v) is 6.96. The van der Waals surface area contributed by atoms with Crippen LogP contribution in [0.4, 0.5) is 0 Å². The van der Waals surface area contributed by atoms with Crippen molar-refractivity contribution in [3.8, 4) is 0 Å². The molecule has 1 N–H and O–H groups in total. The molecule has 92 valence electrons. The van der Waals surface area contributed by atoms with Crippen LogP contribution in [0.2, 0.25) is 0 Å². The predicted octanol–water partition coefficient (Wildman–Crippen LogP) is 3.77. The highest BCUT2D eigenvalue weighted by Crippen LogP contribution is 2.54. The van der Waals surface area contributed by atoms with Crippen LogP contribution in [0.5, 0.6) is 0 Å². The van der Waals surface area contributed by atoms with Gasteiger partial charge in [-0.3, -0.25) is 0 Å². The Hall–Kier alpha value is -0.340. The molecular weight excluding hydrogens is 274 g/mol. The third-order valence-corrected chi connectivity index (χ3v) is 4.82. The molecule has 1 nitrogen and oxygen atoms in total. The molecule has 1 aromatic rings. The van der Waals surface area contributed by atoms with Gasteiger partial charge in [0.25, 0.3) is 0 Å². The fraction of sp³-hybridized carbons (Fsp3) is 0.600. The monoisotopic (exact) mass is 293 g/mol. The summed E-state index contributed by atoms with van der Waals surface area (Å²) in [5.74, 6) is 0.895. The van der Waals surface area contributed by atoms with Crippen LogP contribution >= 0.6 is 15.9 Å². The molecule has 0 aliphatic heterocycles. The highest BCUT2D eigenvalue weighted by molar-refractivity contribution is 9.10. The first-order valence-corrected chi connectivity index (χ1v) is 7.43. The Balaban J connectivity index is 1.52. The quantitative estimate of drug-likeness (QED) is 0.871. The van der Waals surface area contributed by atoms with Crippen LogP contribution in [0.3, 0.4) is 0 Å². The van der Waals surface area contributed by atoms with E-state index in [2.05, 4.69) is 52.4 Å². The van der Waals surface area contributed by atoms with E-state index in [0.717, 1.165) is 12.0 Å². The average molecular weight is 294 g/mol. The first-order chi connectivity index (χ1) is 8.16. The Morgan fingerprint density at radius 3 is 2.65 bits per heavy atom. The zero-order chi connectivity index (χ0) is 11.9. The van der Waals surface area contributed by atoms with Gasteiger partial charge in [0, 0.05) is 10.5 Å². The fourth-order valence-corrected chi connectivity index (χ4v) is 2.97. The molecule has 0 radical (unpaired) electrons. The minimum atomic E-state index is 0.551. The summed E-state index contributed by atoms with van der Waals surface area (Å²) in [4.78, 5) is 0. The topological polar surface area (TPSA) is 12.0 Å². The highest BCUT2D eigenvalue weighted by Gasteiger charge is 2.49. The van der Waals surface area contributed by atoms with Gasteiger partial charge in [-0.05, 0) is 61.3 Å². The van der Waals surface area contributed by atoms with E-state index in [1.807, 2.05) is 0 Å². The Morgan fingerprint density at radius 2 is 2.00 bits per heavy atom. The highest BCUT2D eigenvalue weighted by atomic mass is 79.9. The summed E-state index contributed by atoms with van der Waals surface area (Å²) in [7, 11) is 0. The van der Waals surface area contributed by atoms with Gasteiger partial charge in [-0.2, -0.15) is 0 Å². The molecule has 0 aromatic heterocycles. The molecule has 2 fully saturated rings. The van der Waals surface area contributed by atoms with Crippen molar-refractivity contribution in [1.82, 2.24) is 5.32 Å². The predicted molar refractivity (Wildman–Crippen MR) is 75.1 cm³/mol. The summed E-state index contributed by atoms with van der Waals surface area (Å²) < 4.78 is 1.18. The lowest BCUT2D eigenvalue weighted by Crippen LogP contribution is -2.21. The SMILES string of the molecule is CC1(Cc2ccc(Br)cc2)CC1CNC1CC1. The van der Waals surface area contributed by atoms with Crippen LogP contribution < -0.4 is 5.32 Å². The molecule has 17 heavy (non-hydrogen) atoms. The van der Waals surface area contributed by atoms with Crippen molar-refractivity contribution in [2.75, 3.05) is 6.54 Å². The van der Waals surface area contributed by atoms with Crippen molar-refractivity contribution in [3.63, 3.8) is 0 Å². The molecule has 0 saturated heterocycles. The van der Waals surface area contributed by atoms with E-state index >= 15 is 0 Å². The van der Waals surface area contributed by atoms with Gasteiger partial charge in [-0.1, -0.05) is 35.0 Å². The van der Waals surface area contributed by atoms with Crippen LogP contribution in [0.25, 0.3) is 0 Å². The Labute approximate surface area is 112 Å². The zero-order valence-electron chi connectivity index (χ0n) is 10.4. The molecule has 2 aliphatic rings. The van der Waals surface area contributed by atoms with Gasteiger partial charge < -0.3 is 5.32 Å². The number of halogens is 1. The van der Waals surface area contributed by atoms with Gasteiger partial charge in [0.2, 0.25) is 0 Å². The normalized spacial score (nSPS) is 31.5. The lowest BCUT2D eigenvalue weighted by atomic mass is 9.96. The van der Waals surface area contributed by atoms with Crippen LogP contribution in [0, 0.1) is 11.3 Å². The molecule has 2 unspecified atom stereocenters. The maximum absolute atomic E-state index is 3.66. The maximum Gasteiger partial charge on any atom is 0.0175 e. The molecule has 0 spiro atoms. The third kappa shape index (κ3) is 2.92. The lowest BCUT2D eigenvalue weighted by Gasteiger charge is -2.12. The zero-order valence-corrected chi connectivity index (χ0v) is 12.0. The molecular formula is C15H20BrN. The standard InChI is InChI=1S/C15H20BrN/c1-15(8-11-2-4-13(16)5-3-11)9-12(15)10-17-14-6-7-14/h2-5,12,14,17H,6-10H2,1H3. The van der Waals surface area contributed by atoms with Crippen molar-refractivity contribution >= 4 is 15.9 Å². The molecule has 3 rings (SSSR count). The smallest absolute Gasteiger partial charge is 0.0175 e. The summed E-state index contributed by atoms with van der Waals surface area (Å²) in [6.45, 7) is 3.67. The van der Waals surface area contributed by atoms with E-state index in [1.54, 1.807) is 0 Å².